The van der Waals surface area contributed by atoms with Gasteiger partial charge in [0.15, 0.2) is 5.78 Å². The van der Waals surface area contributed by atoms with Crippen molar-refractivity contribution in [1.29, 1.82) is 0 Å². The van der Waals surface area contributed by atoms with Crippen molar-refractivity contribution in [3.05, 3.63) is 60.2 Å². The highest BCUT2D eigenvalue weighted by Crippen LogP contribution is 2.26. The van der Waals surface area contributed by atoms with E-state index in [2.05, 4.69) is 0 Å². The van der Waals surface area contributed by atoms with Crippen molar-refractivity contribution in [2.45, 2.75) is 44.4 Å². The van der Waals surface area contributed by atoms with E-state index in [4.69, 9.17) is 14.2 Å². The van der Waals surface area contributed by atoms with Crippen molar-refractivity contribution in [2.24, 2.45) is 0 Å². The van der Waals surface area contributed by atoms with Gasteiger partial charge in [-0.05, 0) is 55.5 Å². The average molecular weight is 467 g/mol. The van der Waals surface area contributed by atoms with Crippen LogP contribution in [0.3, 0.4) is 0 Å². The SMILES string of the molecule is COc1ccc(OCC(=O)[C@@H]2CCCN2C(=O)[C@@H]2CCCN2C(=O)OCc2ccccc2)cc1. The molecule has 2 atom stereocenters. The van der Waals surface area contributed by atoms with Crippen molar-refractivity contribution in [3.8, 4) is 11.5 Å². The van der Waals surface area contributed by atoms with Gasteiger partial charge in [-0.3, -0.25) is 14.5 Å². The molecule has 0 spiro atoms. The topological polar surface area (TPSA) is 85.4 Å². The lowest BCUT2D eigenvalue weighted by Gasteiger charge is -2.30. The predicted octanol–water partition coefficient (Wildman–Crippen LogP) is 3.44. The Morgan fingerprint density at radius 3 is 2.21 bits per heavy atom. The molecule has 2 aliphatic rings. The van der Waals surface area contributed by atoms with Gasteiger partial charge in [0, 0.05) is 13.1 Å². The molecule has 0 aromatic heterocycles. The highest BCUT2D eigenvalue weighted by Gasteiger charge is 2.42. The van der Waals surface area contributed by atoms with E-state index in [9.17, 15) is 14.4 Å². The molecule has 8 nitrogen and oxygen atoms in total. The number of ketones is 1. The third-order valence-corrected chi connectivity index (χ3v) is 6.33. The monoisotopic (exact) mass is 466 g/mol. The van der Waals surface area contributed by atoms with Crippen LogP contribution in [-0.4, -0.2) is 66.5 Å². The summed E-state index contributed by atoms with van der Waals surface area (Å²) in [6.07, 6.45) is 2.14. The summed E-state index contributed by atoms with van der Waals surface area (Å²) in [6.45, 7) is 1.01. The van der Waals surface area contributed by atoms with Crippen LogP contribution < -0.4 is 9.47 Å². The van der Waals surface area contributed by atoms with Gasteiger partial charge in [-0.2, -0.15) is 0 Å². The molecule has 2 amide bonds. The van der Waals surface area contributed by atoms with Crippen LogP contribution in [0.2, 0.25) is 0 Å². The number of amides is 2. The molecule has 8 heteroatoms. The third kappa shape index (κ3) is 5.50. The predicted molar refractivity (Wildman–Crippen MR) is 125 cm³/mol. The number of nitrogens with zero attached hydrogens (tertiary/aromatic N) is 2. The van der Waals surface area contributed by atoms with Gasteiger partial charge in [0.2, 0.25) is 5.91 Å². The second-order valence-electron chi connectivity index (χ2n) is 8.51. The Hall–Kier alpha value is -3.55. The minimum atomic E-state index is -0.598. The summed E-state index contributed by atoms with van der Waals surface area (Å²) in [7, 11) is 1.58. The summed E-state index contributed by atoms with van der Waals surface area (Å²) in [5.41, 5.74) is 0.889. The van der Waals surface area contributed by atoms with Crippen LogP contribution >= 0.6 is 0 Å². The molecular weight excluding hydrogens is 436 g/mol. The van der Waals surface area contributed by atoms with Gasteiger partial charge < -0.3 is 19.1 Å². The molecule has 2 heterocycles. The number of likely N-dealkylation sites (tertiary alicyclic amines) is 2. The van der Waals surface area contributed by atoms with Gasteiger partial charge >= 0.3 is 6.09 Å². The minimum Gasteiger partial charge on any atom is -0.497 e. The Balaban J connectivity index is 1.33. The second kappa shape index (κ2) is 11.0. The summed E-state index contributed by atoms with van der Waals surface area (Å²) in [6, 6.07) is 15.3. The quantitative estimate of drug-likeness (QED) is 0.593. The fraction of sp³-hybridized carbons (Fsp3) is 0.423. The first kappa shape index (κ1) is 23.6. The van der Waals surface area contributed by atoms with Gasteiger partial charge in [-0.1, -0.05) is 30.3 Å². The van der Waals surface area contributed by atoms with E-state index in [1.807, 2.05) is 30.3 Å². The number of ether oxygens (including phenoxy) is 3. The fourth-order valence-electron chi connectivity index (χ4n) is 4.52. The number of carbonyl (C=O) groups is 3. The van der Waals surface area contributed by atoms with E-state index in [1.54, 1.807) is 36.3 Å². The van der Waals surface area contributed by atoms with E-state index in [-0.39, 0.29) is 24.9 Å². The highest BCUT2D eigenvalue weighted by molar-refractivity contribution is 5.93. The third-order valence-electron chi connectivity index (χ3n) is 6.33. The lowest BCUT2D eigenvalue weighted by Crippen LogP contribution is -2.51. The molecule has 180 valence electrons. The normalized spacial score (nSPS) is 19.7. The van der Waals surface area contributed by atoms with Crippen LogP contribution in [0.25, 0.3) is 0 Å². The lowest BCUT2D eigenvalue weighted by atomic mass is 10.1. The molecule has 2 aliphatic heterocycles. The Morgan fingerprint density at radius 1 is 0.853 bits per heavy atom. The van der Waals surface area contributed by atoms with Crippen LogP contribution in [0.1, 0.15) is 31.2 Å². The van der Waals surface area contributed by atoms with Crippen LogP contribution in [-0.2, 0) is 20.9 Å². The smallest absolute Gasteiger partial charge is 0.410 e. The van der Waals surface area contributed by atoms with Crippen molar-refractivity contribution < 1.29 is 28.6 Å². The largest absolute Gasteiger partial charge is 0.497 e. The number of carbonyl (C=O) groups excluding carboxylic acids is 3. The number of hydrogen-bond acceptors (Lipinski definition) is 6. The summed E-state index contributed by atoms with van der Waals surface area (Å²) < 4.78 is 16.2. The Labute approximate surface area is 199 Å². The molecule has 0 N–H and O–H groups in total. The van der Waals surface area contributed by atoms with Crippen LogP contribution in [0, 0.1) is 0 Å². The lowest BCUT2D eigenvalue weighted by molar-refractivity contribution is -0.141. The van der Waals surface area contributed by atoms with E-state index in [1.165, 1.54) is 4.90 Å². The van der Waals surface area contributed by atoms with Gasteiger partial charge in [0.05, 0.1) is 13.2 Å². The van der Waals surface area contributed by atoms with Gasteiger partial charge in [0.25, 0.3) is 0 Å². The molecule has 0 aliphatic carbocycles. The van der Waals surface area contributed by atoms with Crippen molar-refractivity contribution >= 4 is 17.8 Å². The van der Waals surface area contributed by atoms with E-state index < -0.39 is 18.2 Å². The molecule has 2 aromatic rings. The summed E-state index contributed by atoms with van der Waals surface area (Å²) in [4.78, 5) is 42.1. The van der Waals surface area contributed by atoms with Crippen LogP contribution in [0.5, 0.6) is 11.5 Å². The zero-order valence-corrected chi connectivity index (χ0v) is 19.4. The van der Waals surface area contributed by atoms with Gasteiger partial charge in [0.1, 0.15) is 30.8 Å². The van der Waals surface area contributed by atoms with E-state index >= 15 is 0 Å². The van der Waals surface area contributed by atoms with Crippen molar-refractivity contribution in [2.75, 3.05) is 26.8 Å². The van der Waals surface area contributed by atoms with Crippen LogP contribution in [0.4, 0.5) is 4.79 Å². The molecule has 0 bridgehead atoms. The van der Waals surface area contributed by atoms with Gasteiger partial charge in [-0.15, -0.1) is 0 Å². The number of benzene rings is 2. The van der Waals surface area contributed by atoms with Crippen molar-refractivity contribution in [1.82, 2.24) is 9.80 Å². The summed E-state index contributed by atoms with van der Waals surface area (Å²) in [5, 5.41) is 0. The number of rotatable bonds is 8. The van der Waals surface area contributed by atoms with E-state index in [0.717, 1.165) is 18.4 Å². The van der Waals surface area contributed by atoms with Crippen LogP contribution in [0.15, 0.2) is 54.6 Å². The first-order valence-electron chi connectivity index (χ1n) is 11.6. The standard InChI is InChI=1S/C26H30N2O6/c1-32-20-11-13-21(14-12-20)33-18-24(29)22-9-5-15-27(22)25(30)23-10-6-16-28(23)26(31)34-17-19-7-3-2-4-8-19/h2-4,7-8,11-14,22-23H,5-6,9-10,15-18H2,1H3/t22-,23-/m0/s1. The molecule has 0 unspecified atom stereocenters. The maximum Gasteiger partial charge on any atom is 0.410 e. The Kier molecular flexibility index (Phi) is 7.67. The molecular formula is C26H30N2O6. The molecule has 2 saturated heterocycles. The van der Waals surface area contributed by atoms with Gasteiger partial charge in [-0.25, -0.2) is 4.79 Å². The zero-order chi connectivity index (χ0) is 23.9. The highest BCUT2D eigenvalue weighted by atomic mass is 16.6. The first-order valence-corrected chi connectivity index (χ1v) is 11.6. The average Bonchev–Trinajstić information content (AvgIpc) is 3.57. The molecule has 2 aromatic carbocycles. The fourth-order valence-corrected chi connectivity index (χ4v) is 4.52. The Bertz CT molecular complexity index is 994. The molecule has 34 heavy (non-hydrogen) atoms. The summed E-state index contributed by atoms with van der Waals surface area (Å²) in [5.74, 6) is 0.940. The Morgan fingerprint density at radius 2 is 1.50 bits per heavy atom. The molecule has 0 radical (unpaired) electrons. The number of methoxy groups -OCH3 is 1. The van der Waals surface area contributed by atoms with E-state index in [0.29, 0.717) is 37.4 Å². The van der Waals surface area contributed by atoms with Crippen molar-refractivity contribution in [3.63, 3.8) is 0 Å². The second-order valence-corrected chi connectivity index (χ2v) is 8.51. The molecule has 0 saturated carbocycles. The number of Topliss-reactive ketones (excluding diaryl/α,β-unsaturated/α-hetero) is 1. The molecule has 2 fully saturated rings. The summed E-state index contributed by atoms with van der Waals surface area (Å²) >= 11 is 0. The maximum absolute atomic E-state index is 13.4. The maximum atomic E-state index is 13.4. The number of hydrogen-bond donors (Lipinski definition) is 0. The minimum absolute atomic E-state index is 0.117. The molecule has 4 rings (SSSR count). The first-order chi connectivity index (χ1) is 16.6. The zero-order valence-electron chi connectivity index (χ0n) is 19.4.